The number of aromatic nitrogens is 3. The second kappa shape index (κ2) is 13.9. The summed E-state index contributed by atoms with van der Waals surface area (Å²) in [6.07, 6.45) is 1.36. The Morgan fingerprint density at radius 1 is 0.978 bits per heavy atom. The van der Waals surface area contributed by atoms with Gasteiger partial charge in [-0.1, -0.05) is 65.7 Å². The Hall–Kier alpha value is -3.17. The van der Waals surface area contributed by atoms with Crippen molar-refractivity contribution in [3.05, 3.63) is 97.4 Å². The highest BCUT2D eigenvalue weighted by molar-refractivity contribution is 7.86. The van der Waals surface area contributed by atoms with Crippen LogP contribution in [0, 0.1) is 0 Å². The first-order valence-electron chi connectivity index (χ1n) is 14.9. The van der Waals surface area contributed by atoms with Crippen LogP contribution in [0.1, 0.15) is 74.7 Å². The summed E-state index contributed by atoms with van der Waals surface area (Å²) in [4.78, 5) is 32.6. The molecule has 0 radical (unpaired) electrons. The smallest absolute Gasteiger partial charge is 0.282 e. The number of ketones is 1. The molecule has 4 aromatic rings. The number of anilines is 1. The van der Waals surface area contributed by atoms with E-state index >= 15 is 0 Å². The van der Waals surface area contributed by atoms with Crippen molar-refractivity contribution in [3.8, 4) is 0 Å². The predicted octanol–water partition coefficient (Wildman–Crippen LogP) is 5.38. The van der Waals surface area contributed by atoms with Crippen molar-refractivity contribution in [1.82, 2.24) is 23.4 Å². The van der Waals surface area contributed by atoms with Gasteiger partial charge in [0.2, 0.25) is 5.95 Å². The van der Waals surface area contributed by atoms with Gasteiger partial charge in [0.1, 0.15) is 6.10 Å². The van der Waals surface area contributed by atoms with Gasteiger partial charge in [-0.15, -0.1) is 16.4 Å². The fraction of sp³-hybridized carbons (Fsp3) is 0.355. The first-order valence-corrected chi connectivity index (χ1v) is 17.9. The second-order valence-corrected chi connectivity index (χ2v) is 15.3. The van der Waals surface area contributed by atoms with Crippen molar-refractivity contribution >= 4 is 62.4 Å². The molecule has 2 saturated heterocycles. The molecule has 15 heteroatoms. The molecular weight excluding hydrogens is 671 g/mol. The fourth-order valence-electron chi connectivity index (χ4n) is 5.76. The summed E-state index contributed by atoms with van der Waals surface area (Å²) in [6.45, 7) is 1.93. The van der Waals surface area contributed by atoms with Gasteiger partial charge < -0.3 is 10.4 Å². The third kappa shape index (κ3) is 6.77. The van der Waals surface area contributed by atoms with Gasteiger partial charge in [-0.05, 0) is 43.9 Å². The SMILES string of the molecule is O=C(c1ccccc1)C(O)c1cccc(C(=O)n2nc(C3CCCN(S(=O)(=O)N4CCCC4)C3)nc2NCc2ccc(Cl)s2)c1Cl. The lowest BCUT2D eigenvalue weighted by Gasteiger charge is -2.33. The van der Waals surface area contributed by atoms with E-state index in [-0.39, 0.29) is 34.6 Å². The van der Waals surface area contributed by atoms with Gasteiger partial charge in [0.25, 0.3) is 16.1 Å². The van der Waals surface area contributed by atoms with Gasteiger partial charge in [-0.2, -0.15) is 26.7 Å². The quantitative estimate of drug-likeness (QED) is 0.210. The van der Waals surface area contributed by atoms with Gasteiger partial charge in [0.15, 0.2) is 11.6 Å². The normalized spacial score (nSPS) is 18.5. The predicted molar refractivity (Wildman–Crippen MR) is 177 cm³/mol. The molecule has 0 amide bonds. The number of nitrogens with zero attached hydrogens (tertiary/aromatic N) is 5. The summed E-state index contributed by atoms with van der Waals surface area (Å²) < 4.78 is 31.4. The molecule has 11 nitrogen and oxygen atoms in total. The standard InChI is InChI=1S/C31H32Cl2N6O5S2/c32-25-14-13-22(45-25)18-34-31-35-29(21-10-7-17-38(19-21)46(43,44)37-15-4-5-16-37)36-39(31)30(42)24-12-6-11-23(26(24)33)28(41)27(40)20-8-2-1-3-9-20/h1-3,6,8-9,11-14,21,28,41H,4-5,7,10,15-19H2,(H,34,35,36). The summed E-state index contributed by atoms with van der Waals surface area (Å²) in [5, 5.41) is 18.6. The minimum Gasteiger partial charge on any atom is -0.380 e. The lowest BCUT2D eigenvalue weighted by atomic mass is 9.98. The highest BCUT2D eigenvalue weighted by atomic mass is 35.5. The number of Topliss-reactive ketones (excluding diaryl/α,β-unsaturated/α-hetero) is 1. The lowest BCUT2D eigenvalue weighted by Crippen LogP contribution is -2.46. The summed E-state index contributed by atoms with van der Waals surface area (Å²) in [6, 6.07) is 16.5. The van der Waals surface area contributed by atoms with E-state index in [0.717, 1.165) is 22.4 Å². The molecule has 0 aliphatic carbocycles. The zero-order valence-corrected chi connectivity index (χ0v) is 27.8. The van der Waals surface area contributed by atoms with E-state index < -0.39 is 28.0 Å². The van der Waals surface area contributed by atoms with E-state index in [1.54, 1.807) is 36.4 Å². The first kappa shape index (κ1) is 32.8. The maximum absolute atomic E-state index is 14.0. The van der Waals surface area contributed by atoms with Crippen LogP contribution in [-0.2, 0) is 16.8 Å². The monoisotopic (exact) mass is 702 g/mol. The molecule has 2 N–H and O–H groups in total. The number of hydrogen-bond acceptors (Lipinski definition) is 9. The van der Waals surface area contributed by atoms with Crippen LogP contribution in [0.3, 0.4) is 0 Å². The van der Waals surface area contributed by atoms with E-state index in [0.29, 0.717) is 54.7 Å². The van der Waals surface area contributed by atoms with Crippen LogP contribution in [0.5, 0.6) is 0 Å². The molecule has 2 aliphatic rings. The van der Waals surface area contributed by atoms with Crippen LogP contribution in [0.25, 0.3) is 0 Å². The molecule has 242 valence electrons. The molecule has 2 fully saturated rings. The molecule has 0 bridgehead atoms. The molecule has 2 aromatic carbocycles. The number of halogens is 2. The summed E-state index contributed by atoms with van der Waals surface area (Å²) >= 11 is 14.2. The largest absolute Gasteiger partial charge is 0.380 e. The molecule has 46 heavy (non-hydrogen) atoms. The Morgan fingerprint density at radius 2 is 1.72 bits per heavy atom. The highest BCUT2D eigenvalue weighted by Crippen LogP contribution is 2.32. The Morgan fingerprint density at radius 3 is 2.43 bits per heavy atom. The Kier molecular flexibility index (Phi) is 9.90. The second-order valence-electron chi connectivity index (χ2n) is 11.2. The Labute approximate surface area is 280 Å². The molecule has 0 saturated carbocycles. The van der Waals surface area contributed by atoms with Gasteiger partial charge in [-0.3, -0.25) is 9.59 Å². The van der Waals surface area contributed by atoms with Gasteiger partial charge in [0.05, 0.1) is 21.5 Å². The van der Waals surface area contributed by atoms with E-state index in [1.807, 2.05) is 6.07 Å². The van der Waals surface area contributed by atoms with E-state index in [2.05, 4.69) is 15.4 Å². The first-order chi connectivity index (χ1) is 22.1. The summed E-state index contributed by atoms with van der Waals surface area (Å²) in [5.41, 5.74) is 0.399. The molecule has 2 aromatic heterocycles. The van der Waals surface area contributed by atoms with Crippen molar-refractivity contribution in [2.24, 2.45) is 0 Å². The number of aliphatic hydroxyl groups is 1. The van der Waals surface area contributed by atoms with Crippen LogP contribution in [0.2, 0.25) is 9.36 Å². The molecule has 0 spiro atoms. The molecule has 4 heterocycles. The zero-order chi connectivity index (χ0) is 32.4. The maximum Gasteiger partial charge on any atom is 0.282 e. The topological polar surface area (TPSA) is 138 Å². The van der Waals surface area contributed by atoms with Crippen LogP contribution in [0.15, 0.2) is 60.7 Å². The van der Waals surface area contributed by atoms with Crippen LogP contribution >= 0.6 is 34.5 Å². The molecular formula is C31H32Cl2N6O5S2. The summed E-state index contributed by atoms with van der Waals surface area (Å²) in [5.74, 6) is -1.06. The number of carbonyl (C=O) groups is 2. The molecule has 2 atom stereocenters. The number of nitrogens with one attached hydrogen (secondary N) is 1. The van der Waals surface area contributed by atoms with Gasteiger partial charge in [-0.25, -0.2) is 0 Å². The average molecular weight is 704 g/mol. The zero-order valence-electron chi connectivity index (χ0n) is 24.7. The highest BCUT2D eigenvalue weighted by Gasteiger charge is 2.37. The van der Waals surface area contributed by atoms with E-state index in [1.165, 1.54) is 38.1 Å². The Balaban J connectivity index is 1.31. The van der Waals surface area contributed by atoms with Gasteiger partial charge in [0, 0.05) is 48.1 Å². The number of rotatable bonds is 10. The number of benzene rings is 2. The molecule has 2 aliphatic heterocycles. The number of piperidine rings is 1. The minimum absolute atomic E-state index is 0.0135. The number of thiophene rings is 1. The number of aliphatic hydroxyl groups excluding tert-OH is 1. The summed E-state index contributed by atoms with van der Waals surface area (Å²) in [7, 11) is -3.61. The number of hydrogen-bond donors (Lipinski definition) is 2. The third-order valence-corrected chi connectivity index (χ3v) is 11.8. The Bertz CT molecular complexity index is 1840. The van der Waals surface area contributed by atoms with Crippen molar-refractivity contribution in [3.63, 3.8) is 0 Å². The van der Waals surface area contributed by atoms with Crippen LogP contribution in [0.4, 0.5) is 5.95 Å². The van der Waals surface area contributed by atoms with Crippen molar-refractivity contribution < 1.29 is 23.1 Å². The minimum atomic E-state index is -3.61. The van der Waals surface area contributed by atoms with Crippen LogP contribution in [-0.4, -0.2) is 74.8 Å². The van der Waals surface area contributed by atoms with Crippen molar-refractivity contribution in [2.75, 3.05) is 31.5 Å². The third-order valence-electron chi connectivity index (χ3n) is 8.19. The number of carbonyl (C=O) groups excluding carboxylic acids is 2. The van der Waals surface area contributed by atoms with Crippen LogP contribution < -0.4 is 5.32 Å². The lowest BCUT2D eigenvalue weighted by molar-refractivity contribution is 0.0746. The average Bonchev–Trinajstić information content (AvgIpc) is 3.85. The molecule has 2 unspecified atom stereocenters. The van der Waals surface area contributed by atoms with Crippen molar-refractivity contribution in [2.45, 2.75) is 44.2 Å². The van der Waals surface area contributed by atoms with Gasteiger partial charge >= 0.3 is 0 Å². The van der Waals surface area contributed by atoms with E-state index in [9.17, 15) is 23.1 Å². The fourth-order valence-corrected chi connectivity index (χ4v) is 8.87. The maximum atomic E-state index is 14.0. The molecule has 6 rings (SSSR count). The van der Waals surface area contributed by atoms with E-state index in [4.69, 9.17) is 23.2 Å². The van der Waals surface area contributed by atoms with Crippen molar-refractivity contribution in [1.29, 1.82) is 0 Å².